The summed E-state index contributed by atoms with van der Waals surface area (Å²) in [4.78, 5) is 12.4. The summed E-state index contributed by atoms with van der Waals surface area (Å²) in [7, 11) is -3.53. The zero-order valence-electron chi connectivity index (χ0n) is 16.9. The number of fused-ring (bicyclic) bond motifs is 1. The maximum atomic E-state index is 12.6. The molecule has 8 nitrogen and oxygen atoms in total. The van der Waals surface area contributed by atoms with Crippen LogP contribution in [0.1, 0.15) is 5.56 Å². The van der Waals surface area contributed by atoms with Crippen molar-refractivity contribution in [3.63, 3.8) is 0 Å². The van der Waals surface area contributed by atoms with Crippen LogP contribution in [0.3, 0.4) is 0 Å². The molecule has 4 rings (SSSR count). The molecule has 1 unspecified atom stereocenters. The third-order valence-electron chi connectivity index (χ3n) is 4.99. The predicted octanol–water partition coefficient (Wildman–Crippen LogP) is 1.68. The summed E-state index contributed by atoms with van der Waals surface area (Å²) in [6.45, 7) is 2.19. The second kappa shape index (κ2) is 9.51. The Labute approximate surface area is 181 Å². The van der Waals surface area contributed by atoms with Crippen molar-refractivity contribution in [3.05, 3.63) is 60.2 Å². The van der Waals surface area contributed by atoms with Crippen LogP contribution in [0, 0.1) is 0 Å². The molecule has 0 bridgehead atoms. The first-order valence-electron chi connectivity index (χ1n) is 10.0. The van der Waals surface area contributed by atoms with Crippen molar-refractivity contribution in [3.8, 4) is 11.5 Å². The molecule has 0 saturated carbocycles. The average molecular weight is 445 g/mol. The van der Waals surface area contributed by atoms with Gasteiger partial charge < -0.3 is 19.5 Å². The van der Waals surface area contributed by atoms with E-state index in [2.05, 4.69) is 5.32 Å². The van der Waals surface area contributed by atoms with Gasteiger partial charge in [-0.05, 0) is 35.9 Å². The first kappa shape index (κ1) is 21.4. The number of rotatable bonds is 6. The number of sulfonamides is 1. The van der Waals surface area contributed by atoms with Crippen molar-refractivity contribution in [2.75, 3.05) is 39.5 Å². The van der Waals surface area contributed by atoms with Gasteiger partial charge in [0.25, 0.3) is 0 Å². The zero-order valence-corrected chi connectivity index (χ0v) is 17.7. The number of hydrogen-bond acceptors (Lipinski definition) is 6. The lowest BCUT2D eigenvalue weighted by Gasteiger charge is -2.26. The monoisotopic (exact) mass is 444 g/mol. The summed E-state index contributed by atoms with van der Waals surface area (Å²) in [6.07, 6.45) is 2.77. The fourth-order valence-electron chi connectivity index (χ4n) is 3.30. The number of ether oxygens (including phenoxy) is 3. The quantitative estimate of drug-likeness (QED) is 0.682. The fraction of sp³-hybridized carbons (Fsp3) is 0.318. The van der Waals surface area contributed by atoms with Gasteiger partial charge in [-0.15, -0.1) is 0 Å². The fourth-order valence-corrected chi connectivity index (χ4v) is 4.70. The summed E-state index contributed by atoms with van der Waals surface area (Å²) in [6, 6.07) is 13.8. The minimum Gasteiger partial charge on any atom is -0.486 e. The molecule has 1 saturated heterocycles. The number of carbonyl (C=O) groups is 1. The molecule has 0 spiro atoms. The summed E-state index contributed by atoms with van der Waals surface area (Å²) in [5, 5.41) is 2.79. The second-order valence-electron chi connectivity index (χ2n) is 7.16. The van der Waals surface area contributed by atoms with Crippen LogP contribution < -0.4 is 14.8 Å². The smallest absolute Gasteiger partial charge is 0.244 e. The Balaban J connectivity index is 1.29. The van der Waals surface area contributed by atoms with Gasteiger partial charge in [0.05, 0.1) is 24.7 Å². The van der Waals surface area contributed by atoms with Gasteiger partial charge in [-0.1, -0.05) is 24.3 Å². The first-order valence-corrected chi connectivity index (χ1v) is 11.5. The summed E-state index contributed by atoms with van der Waals surface area (Å²) in [5.74, 6) is 1.09. The Bertz CT molecular complexity index is 1050. The lowest BCUT2D eigenvalue weighted by atomic mass is 10.2. The van der Waals surface area contributed by atoms with Crippen LogP contribution in [0.2, 0.25) is 0 Å². The van der Waals surface area contributed by atoms with Gasteiger partial charge in [-0.25, -0.2) is 8.42 Å². The largest absolute Gasteiger partial charge is 0.486 e. The van der Waals surface area contributed by atoms with E-state index in [1.54, 1.807) is 30.3 Å². The summed E-state index contributed by atoms with van der Waals surface area (Å²) in [5.41, 5.74) is 0.724. The molecular formula is C22H24N2O6S. The van der Waals surface area contributed by atoms with Crippen LogP contribution in [0.5, 0.6) is 11.5 Å². The first-order chi connectivity index (χ1) is 15.0. The molecular weight excluding hydrogens is 420 g/mol. The molecule has 1 amide bonds. The van der Waals surface area contributed by atoms with Crippen LogP contribution in [0.15, 0.2) is 59.5 Å². The molecule has 2 heterocycles. The van der Waals surface area contributed by atoms with Crippen LogP contribution in [-0.2, 0) is 19.6 Å². The van der Waals surface area contributed by atoms with E-state index in [1.807, 2.05) is 24.3 Å². The lowest BCUT2D eigenvalue weighted by Crippen LogP contribution is -2.40. The van der Waals surface area contributed by atoms with Crippen molar-refractivity contribution < 1.29 is 27.4 Å². The van der Waals surface area contributed by atoms with Gasteiger partial charge in [0.1, 0.15) is 12.7 Å². The minimum atomic E-state index is -3.53. The Hall–Kier alpha value is -2.88. The normalized spacial score (nSPS) is 19.3. The average Bonchev–Trinajstić information content (AvgIpc) is 2.82. The molecule has 0 aromatic heterocycles. The topological polar surface area (TPSA) is 94.2 Å². The SMILES string of the molecule is O=C(/C=C/c1ccc(S(=O)(=O)N2CCOCC2)cc1)NCC1COc2ccccc2O1. The molecule has 1 N–H and O–H groups in total. The molecule has 2 aliphatic heterocycles. The molecule has 2 aliphatic rings. The number of nitrogens with zero attached hydrogens (tertiary/aromatic N) is 1. The second-order valence-corrected chi connectivity index (χ2v) is 9.10. The van der Waals surface area contributed by atoms with Crippen LogP contribution in [0.25, 0.3) is 6.08 Å². The molecule has 1 atom stereocenters. The molecule has 2 aromatic rings. The number of benzene rings is 2. The van der Waals surface area contributed by atoms with Crippen LogP contribution in [-0.4, -0.2) is 64.2 Å². The number of para-hydroxylation sites is 2. The standard InChI is InChI=1S/C22H24N2O6S/c25-22(23-15-18-16-29-20-3-1-2-4-21(20)30-18)10-7-17-5-8-19(9-6-17)31(26,27)24-11-13-28-14-12-24/h1-10,18H,11-16H2,(H,23,25)/b10-7+. The Morgan fingerprint density at radius 1 is 1.06 bits per heavy atom. The number of morpholine rings is 1. The highest BCUT2D eigenvalue weighted by Crippen LogP contribution is 2.30. The maximum absolute atomic E-state index is 12.6. The highest BCUT2D eigenvalue weighted by Gasteiger charge is 2.26. The number of carbonyl (C=O) groups excluding carboxylic acids is 1. The van der Waals surface area contributed by atoms with Gasteiger partial charge in [0.15, 0.2) is 11.5 Å². The van der Waals surface area contributed by atoms with E-state index in [-0.39, 0.29) is 16.9 Å². The maximum Gasteiger partial charge on any atom is 0.244 e. The van der Waals surface area contributed by atoms with Crippen LogP contribution >= 0.6 is 0 Å². The Morgan fingerprint density at radius 2 is 1.77 bits per heavy atom. The third kappa shape index (κ3) is 5.25. The van der Waals surface area contributed by atoms with Crippen molar-refractivity contribution in [2.45, 2.75) is 11.0 Å². The lowest BCUT2D eigenvalue weighted by molar-refractivity contribution is -0.116. The summed E-state index contributed by atoms with van der Waals surface area (Å²) < 4.78 is 43.4. The minimum absolute atomic E-state index is 0.228. The van der Waals surface area contributed by atoms with Gasteiger partial charge in [-0.2, -0.15) is 4.31 Å². The zero-order chi connectivity index (χ0) is 21.7. The van der Waals surface area contributed by atoms with E-state index >= 15 is 0 Å². The van der Waals surface area contributed by atoms with Crippen molar-refractivity contribution in [2.24, 2.45) is 0 Å². The van der Waals surface area contributed by atoms with Gasteiger partial charge in [0, 0.05) is 19.2 Å². The molecule has 0 aliphatic carbocycles. The molecule has 31 heavy (non-hydrogen) atoms. The predicted molar refractivity (Wildman–Crippen MR) is 114 cm³/mol. The molecule has 1 fully saturated rings. The van der Waals surface area contributed by atoms with Gasteiger partial charge >= 0.3 is 0 Å². The van der Waals surface area contributed by atoms with E-state index < -0.39 is 10.0 Å². The van der Waals surface area contributed by atoms with Crippen molar-refractivity contribution >= 4 is 22.0 Å². The third-order valence-corrected chi connectivity index (χ3v) is 6.90. The van der Waals surface area contributed by atoms with E-state index in [9.17, 15) is 13.2 Å². The van der Waals surface area contributed by atoms with Crippen molar-refractivity contribution in [1.29, 1.82) is 0 Å². The van der Waals surface area contributed by atoms with Gasteiger partial charge in [0.2, 0.25) is 15.9 Å². The molecule has 164 valence electrons. The molecule has 0 radical (unpaired) electrons. The summed E-state index contributed by atoms with van der Waals surface area (Å²) >= 11 is 0. The van der Waals surface area contributed by atoms with E-state index in [0.717, 1.165) is 5.56 Å². The number of nitrogens with one attached hydrogen (secondary N) is 1. The van der Waals surface area contributed by atoms with E-state index in [4.69, 9.17) is 14.2 Å². The number of hydrogen-bond donors (Lipinski definition) is 1. The van der Waals surface area contributed by atoms with Crippen molar-refractivity contribution in [1.82, 2.24) is 9.62 Å². The highest BCUT2D eigenvalue weighted by atomic mass is 32.2. The highest BCUT2D eigenvalue weighted by molar-refractivity contribution is 7.89. The van der Waals surface area contributed by atoms with Crippen LogP contribution in [0.4, 0.5) is 0 Å². The molecule has 9 heteroatoms. The Morgan fingerprint density at radius 3 is 2.52 bits per heavy atom. The number of amides is 1. The van der Waals surface area contributed by atoms with E-state index in [0.29, 0.717) is 51.0 Å². The van der Waals surface area contributed by atoms with Gasteiger partial charge in [-0.3, -0.25) is 4.79 Å². The molecule has 2 aromatic carbocycles. The Kier molecular flexibility index (Phi) is 6.55. The van der Waals surface area contributed by atoms with E-state index in [1.165, 1.54) is 10.4 Å².